The van der Waals surface area contributed by atoms with Gasteiger partial charge in [0.15, 0.2) is 0 Å². The van der Waals surface area contributed by atoms with Gasteiger partial charge in [-0.1, -0.05) is 30.2 Å². The van der Waals surface area contributed by atoms with Crippen LogP contribution in [0.2, 0.25) is 0 Å². The Bertz CT molecular complexity index is 674. The van der Waals surface area contributed by atoms with Crippen LogP contribution in [0.5, 0.6) is 0 Å². The fourth-order valence-electron chi connectivity index (χ4n) is 3.80. The van der Waals surface area contributed by atoms with Gasteiger partial charge in [-0.05, 0) is 36.8 Å². The molecule has 5 nitrogen and oxygen atoms in total. The van der Waals surface area contributed by atoms with Gasteiger partial charge >= 0.3 is 0 Å². The Balaban J connectivity index is 1.56. The molecule has 1 aliphatic carbocycles. The standard InChI is InChI=1S/C20H25N3O2/c1-2-11-23(18-10-9-16-7-3-4-8-17(16)18)15-19(24)21-14-20(25)22-12-5-6-13-22/h1,3-4,7-8,18H,5-6,9-15H2,(H,21,24)/t18-/m1/s1. The zero-order valence-corrected chi connectivity index (χ0v) is 14.5. The Morgan fingerprint density at radius 3 is 2.80 bits per heavy atom. The van der Waals surface area contributed by atoms with Crippen molar-refractivity contribution in [3.05, 3.63) is 35.4 Å². The topological polar surface area (TPSA) is 52.7 Å². The molecule has 0 bridgehead atoms. The first-order chi connectivity index (χ1) is 12.2. The number of likely N-dealkylation sites (tertiary alicyclic amines) is 1. The van der Waals surface area contributed by atoms with E-state index in [0.717, 1.165) is 38.8 Å². The lowest BCUT2D eigenvalue weighted by atomic mass is 10.1. The number of hydrogen-bond acceptors (Lipinski definition) is 3. The molecule has 5 heteroatoms. The molecule has 132 valence electrons. The molecule has 0 unspecified atom stereocenters. The quantitative estimate of drug-likeness (QED) is 0.796. The van der Waals surface area contributed by atoms with Crippen LogP contribution in [0.4, 0.5) is 0 Å². The summed E-state index contributed by atoms with van der Waals surface area (Å²) in [7, 11) is 0. The minimum absolute atomic E-state index is 0.000520. The number of aryl methyl sites for hydroxylation is 1. The maximum absolute atomic E-state index is 12.3. The van der Waals surface area contributed by atoms with Crippen LogP contribution in [0, 0.1) is 12.3 Å². The second-order valence-corrected chi connectivity index (χ2v) is 6.73. The van der Waals surface area contributed by atoms with Gasteiger partial charge in [0.25, 0.3) is 0 Å². The molecule has 1 N–H and O–H groups in total. The minimum Gasteiger partial charge on any atom is -0.346 e. The highest BCUT2D eigenvalue weighted by molar-refractivity contribution is 5.85. The van der Waals surface area contributed by atoms with Gasteiger partial charge in [-0.25, -0.2) is 0 Å². The highest BCUT2D eigenvalue weighted by Crippen LogP contribution is 2.35. The predicted octanol–water partition coefficient (Wildman–Crippen LogP) is 1.35. The van der Waals surface area contributed by atoms with Crippen molar-refractivity contribution in [2.24, 2.45) is 0 Å². The van der Waals surface area contributed by atoms with E-state index in [0.29, 0.717) is 6.54 Å². The normalized spacial score (nSPS) is 18.9. The molecule has 0 radical (unpaired) electrons. The van der Waals surface area contributed by atoms with Crippen molar-refractivity contribution >= 4 is 11.8 Å². The van der Waals surface area contributed by atoms with Crippen LogP contribution in [0.25, 0.3) is 0 Å². The summed E-state index contributed by atoms with van der Waals surface area (Å²) in [6.07, 6.45) is 9.60. The van der Waals surface area contributed by atoms with Crippen LogP contribution < -0.4 is 5.32 Å². The number of rotatable bonds is 6. The fraction of sp³-hybridized carbons (Fsp3) is 0.500. The third-order valence-corrected chi connectivity index (χ3v) is 5.08. The summed E-state index contributed by atoms with van der Waals surface area (Å²) in [5.74, 6) is 2.52. The van der Waals surface area contributed by atoms with Gasteiger partial charge in [0.05, 0.1) is 19.6 Å². The smallest absolute Gasteiger partial charge is 0.241 e. The fourth-order valence-corrected chi connectivity index (χ4v) is 3.80. The molecule has 25 heavy (non-hydrogen) atoms. The SMILES string of the molecule is C#CCN(CC(=O)NCC(=O)N1CCCC1)[C@@H]1CCc2ccccc21. The van der Waals surface area contributed by atoms with Crippen LogP contribution in [0.3, 0.4) is 0 Å². The summed E-state index contributed by atoms with van der Waals surface area (Å²) in [6.45, 7) is 2.32. The van der Waals surface area contributed by atoms with E-state index in [2.05, 4.69) is 23.4 Å². The monoisotopic (exact) mass is 339 g/mol. The number of fused-ring (bicyclic) bond motifs is 1. The maximum Gasteiger partial charge on any atom is 0.241 e. The van der Waals surface area contributed by atoms with Crippen LogP contribution >= 0.6 is 0 Å². The molecule has 2 amide bonds. The Hall–Kier alpha value is -2.32. The lowest BCUT2D eigenvalue weighted by Gasteiger charge is -2.27. The van der Waals surface area contributed by atoms with E-state index >= 15 is 0 Å². The number of carbonyl (C=O) groups excluding carboxylic acids is 2. The van der Waals surface area contributed by atoms with Gasteiger partial charge in [-0.3, -0.25) is 14.5 Å². The number of carbonyl (C=O) groups is 2. The lowest BCUT2D eigenvalue weighted by molar-refractivity contribution is -0.132. The average Bonchev–Trinajstić information content (AvgIpc) is 3.29. The van der Waals surface area contributed by atoms with Gasteiger partial charge in [-0.15, -0.1) is 6.42 Å². The molecule has 1 aromatic rings. The molecule has 1 heterocycles. The first-order valence-electron chi connectivity index (χ1n) is 8.99. The Labute approximate surface area is 149 Å². The number of hydrogen-bond donors (Lipinski definition) is 1. The molecule has 3 rings (SSSR count). The molecule has 0 spiro atoms. The van der Waals surface area contributed by atoms with Crippen molar-refractivity contribution in [1.82, 2.24) is 15.1 Å². The average molecular weight is 339 g/mol. The van der Waals surface area contributed by atoms with E-state index in [4.69, 9.17) is 6.42 Å². The van der Waals surface area contributed by atoms with Crippen molar-refractivity contribution in [3.63, 3.8) is 0 Å². The summed E-state index contributed by atoms with van der Waals surface area (Å²) in [5, 5.41) is 2.76. The van der Waals surface area contributed by atoms with Gasteiger partial charge in [0.1, 0.15) is 0 Å². The third-order valence-electron chi connectivity index (χ3n) is 5.08. The largest absolute Gasteiger partial charge is 0.346 e. The van der Waals surface area contributed by atoms with Crippen molar-refractivity contribution in [2.75, 3.05) is 32.7 Å². The molecule has 1 aromatic carbocycles. The lowest BCUT2D eigenvalue weighted by Crippen LogP contribution is -2.43. The first kappa shape index (κ1) is 17.5. The Kier molecular flexibility index (Phi) is 5.72. The summed E-state index contributed by atoms with van der Waals surface area (Å²) in [6, 6.07) is 8.50. The van der Waals surface area contributed by atoms with Gasteiger partial charge < -0.3 is 10.2 Å². The number of terminal acetylenes is 1. The molecule has 1 saturated heterocycles. The Morgan fingerprint density at radius 1 is 1.28 bits per heavy atom. The van der Waals surface area contributed by atoms with E-state index in [1.807, 2.05) is 21.9 Å². The van der Waals surface area contributed by atoms with E-state index < -0.39 is 0 Å². The van der Waals surface area contributed by atoms with Crippen LogP contribution in [0.1, 0.15) is 36.4 Å². The maximum atomic E-state index is 12.3. The van der Waals surface area contributed by atoms with E-state index in [1.54, 1.807) is 0 Å². The predicted molar refractivity (Wildman–Crippen MR) is 96.7 cm³/mol. The third kappa shape index (κ3) is 4.21. The summed E-state index contributed by atoms with van der Waals surface area (Å²) >= 11 is 0. The van der Waals surface area contributed by atoms with Crippen molar-refractivity contribution < 1.29 is 9.59 Å². The number of benzene rings is 1. The highest BCUT2D eigenvalue weighted by atomic mass is 16.2. The van der Waals surface area contributed by atoms with E-state index in [9.17, 15) is 9.59 Å². The van der Waals surface area contributed by atoms with Gasteiger partial charge in [0.2, 0.25) is 11.8 Å². The first-order valence-corrected chi connectivity index (χ1v) is 8.99. The molecule has 2 aliphatic rings. The number of amides is 2. The molecular weight excluding hydrogens is 314 g/mol. The van der Waals surface area contributed by atoms with Crippen LogP contribution in [0.15, 0.2) is 24.3 Å². The molecule has 1 atom stereocenters. The molecular formula is C20H25N3O2. The van der Waals surface area contributed by atoms with E-state index in [1.165, 1.54) is 11.1 Å². The van der Waals surface area contributed by atoms with Gasteiger partial charge in [0, 0.05) is 19.1 Å². The second kappa shape index (κ2) is 8.17. The summed E-state index contributed by atoms with van der Waals surface area (Å²) in [5.41, 5.74) is 2.60. The minimum atomic E-state index is -0.146. The number of nitrogens with zero attached hydrogens (tertiary/aromatic N) is 2. The molecule has 0 aromatic heterocycles. The molecule has 0 saturated carbocycles. The van der Waals surface area contributed by atoms with Crippen LogP contribution in [-0.2, 0) is 16.0 Å². The van der Waals surface area contributed by atoms with Gasteiger partial charge in [-0.2, -0.15) is 0 Å². The zero-order chi connectivity index (χ0) is 17.6. The summed E-state index contributed by atoms with van der Waals surface area (Å²) in [4.78, 5) is 28.2. The molecule has 1 fully saturated rings. The highest BCUT2D eigenvalue weighted by Gasteiger charge is 2.28. The zero-order valence-electron chi connectivity index (χ0n) is 14.5. The molecule has 1 aliphatic heterocycles. The van der Waals surface area contributed by atoms with E-state index in [-0.39, 0.29) is 30.9 Å². The Morgan fingerprint density at radius 2 is 2.04 bits per heavy atom. The van der Waals surface area contributed by atoms with Crippen molar-refractivity contribution in [2.45, 2.75) is 31.7 Å². The number of nitrogens with one attached hydrogen (secondary N) is 1. The van der Waals surface area contributed by atoms with Crippen LogP contribution in [-0.4, -0.2) is 54.3 Å². The second-order valence-electron chi connectivity index (χ2n) is 6.73. The van der Waals surface area contributed by atoms with Crippen molar-refractivity contribution in [1.29, 1.82) is 0 Å². The van der Waals surface area contributed by atoms with Crippen molar-refractivity contribution in [3.8, 4) is 12.3 Å². The summed E-state index contributed by atoms with van der Waals surface area (Å²) < 4.78 is 0.